The van der Waals surface area contributed by atoms with Gasteiger partial charge in [-0.15, -0.1) is 0 Å². The molecule has 19 heavy (non-hydrogen) atoms. The van der Waals surface area contributed by atoms with Crippen molar-refractivity contribution >= 4 is 21.9 Å². The summed E-state index contributed by atoms with van der Waals surface area (Å²) in [7, 11) is 0. The van der Waals surface area contributed by atoms with Crippen molar-refractivity contribution in [2.24, 2.45) is 0 Å². The highest BCUT2D eigenvalue weighted by Gasteiger charge is 2.27. The lowest BCUT2D eigenvalue weighted by atomic mass is 10.1. The van der Waals surface area contributed by atoms with Gasteiger partial charge in [0, 0.05) is 23.6 Å². The Balaban J connectivity index is 2.05. The van der Waals surface area contributed by atoms with Crippen LogP contribution in [0.1, 0.15) is 24.9 Å². The van der Waals surface area contributed by atoms with E-state index < -0.39 is 5.97 Å². The molecular weight excluding hydrogens is 310 g/mol. The van der Waals surface area contributed by atoms with Crippen molar-refractivity contribution in [2.45, 2.75) is 25.5 Å². The van der Waals surface area contributed by atoms with E-state index in [1.54, 1.807) is 0 Å². The number of morpholine rings is 1. The Hall–Kier alpha value is -0.910. The van der Waals surface area contributed by atoms with Crippen LogP contribution < -0.4 is 0 Å². The molecule has 0 bridgehead atoms. The van der Waals surface area contributed by atoms with E-state index in [9.17, 15) is 4.79 Å². The van der Waals surface area contributed by atoms with Crippen LogP contribution in [0.4, 0.5) is 0 Å². The van der Waals surface area contributed by atoms with Gasteiger partial charge < -0.3 is 9.84 Å². The monoisotopic (exact) mass is 327 g/mol. The zero-order valence-electron chi connectivity index (χ0n) is 10.9. The van der Waals surface area contributed by atoms with Gasteiger partial charge in [0.15, 0.2) is 0 Å². The molecule has 5 heteroatoms. The van der Waals surface area contributed by atoms with Gasteiger partial charge >= 0.3 is 5.97 Å². The molecule has 0 amide bonds. The third kappa shape index (κ3) is 3.78. The average molecular weight is 328 g/mol. The summed E-state index contributed by atoms with van der Waals surface area (Å²) < 4.78 is 6.59. The highest BCUT2D eigenvalue weighted by atomic mass is 79.9. The summed E-state index contributed by atoms with van der Waals surface area (Å²) in [5.74, 6) is -0.805. The van der Waals surface area contributed by atoms with Gasteiger partial charge in [0.25, 0.3) is 0 Å². The number of benzene rings is 1. The number of carboxylic acids is 1. The summed E-state index contributed by atoms with van der Waals surface area (Å²) in [5.41, 5.74) is 1.22. The largest absolute Gasteiger partial charge is 0.481 e. The number of nitrogens with zero attached hydrogens (tertiary/aromatic N) is 1. The third-order valence-electron chi connectivity index (χ3n) is 3.48. The quantitative estimate of drug-likeness (QED) is 0.923. The smallest absolute Gasteiger partial charge is 0.306 e. The standard InChI is InChI=1S/C14H18BrNO3/c1-10(12-4-2-3-5-13(12)15)16-6-7-19-11(9-16)8-14(17)18/h2-5,10-11H,6-9H2,1H3,(H,17,18). The maximum atomic E-state index is 10.8. The molecular formula is C14H18BrNO3. The van der Waals surface area contributed by atoms with Crippen molar-refractivity contribution in [2.75, 3.05) is 19.7 Å². The molecule has 1 aliphatic rings. The van der Waals surface area contributed by atoms with E-state index >= 15 is 0 Å². The Morgan fingerprint density at radius 3 is 3.00 bits per heavy atom. The molecule has 1 heterocycles. The van der Waals surface area contributed by atoms with Crippen LogP contribution in [-0.4, -0.2) is 41.8 Å². The molecule has 0 spiro atoms. The van der Waals surface area contributed by atoms with E-state index in [0.29, 0.717) is 13.2 Å². The Kier molecular flexibility index (Phi) is 4.96. The second-order valence-electron chi connectivity index (χ2n) is 4.78. The first kappa shape index (κ1) is 14.5. The first-order valence-electron chi connectivity index (χ1n) is 6.40. The lowest BCUT2D eigenvalue weighted by Gasteiger charge is -2.36. The summed E-state index contributed by atoms with van der Waals surface area (Å²) >= 11 is 3.57. The van der Waals surface area contributed by atoms with Crippen molar-refractivity contribution in [3.63, 3.8) is 0 Å². The number of carbonyl (C=O) groups is 1. The van der Waals surface area contributed by atoms with E-state index in [4.69, 9.17) is 9.84 Å². The lowest BCUT2D eigenvalue weighted by Crippen LogP contribution is -2.44. The molecule has 4 nitrogen and oxygen atoms in total. The minimum absolute atomic E-state index is 0.0686. The van der Waals surface area contributed by atoms with Gasteiger partial charge in [-0.05, 0) is 18.6 Å². The van der Waals surface area contributed by atoms with Crippen molar-refractivity contribution < 1.29 is 14.6 Å². The van der Waals surface area contributed by atoms with Gasteiger partial charge in [-0.1, -0.05) is 34.1 Å². The van der Waals surface area contributed by atoms with Gasteiger partial charge in [-0.3, -0.25) is 9.69 Å². The summed E-state index contributed by atoms with van der Waals surface area (Å²) in [5, 5.41) is 8.85. The molecule has 1 aliphatic heterocycles. The van der Waals surface area contributed by atoms with Crippen molar-refractivity contribution in [1.29, 1.82) is 0 Å². The molecule has 0 aromatic heterocycles. The highest BCUT2D eigenvalue weighted by Crippen LogP contribution is 2.28. The maximum Gasteiger partial charge on any atom is 0.306 e. The lowest BCUT2D eigenvalue weighted by molar-refractivity contribution is -0.142. The Bertz CT molecular complexity index is 452. The predicted molar refractivity (Wildman–Crippen MR) is 76.1 cm³/mol. The minimum Gasteiger partial charge on any atom is -0.481 e. The fourth-order valence-corrected chi connectivity index (χ4v) is 3.04. The average Bonchev–Trinajstić information content (AvgIpc) is 2.38. The van der Waals surface area contributed by atoms with E-state index in [1.807, 2.05) is 18.2 Å². The third-order valence-corrected chi connectivity index (χ3v) is 4.20. The second kappa shape index (κ2) is 6.50. The highest BCUT2D eigenvalue weighted by molar-refractivity contribution is 9.10. The molecule has 1 N–H and O–H groups in total. The number of halogens is 1. The van der Waals surface area contributed by atoms with Crippen molar-refractivity contribution in [1.82, 2.24) is 4.90 Å². The summed E-state index contributed by atoms with van der Waals surface area (Å²) in [6, 6.07) is 8.38. The van der Waals surface area contributed by atoms with E-state index in [2.05, 4.69) is 33.8 Å². The zero-order chi connectivity index (χ0) is 13.8. The summed E-state index contributed by atoms with van der Waals surface area (Å²) in [6.45, 7) is 4.23. The number of ether oxygens (including phenoxy) is 1. The van der Waals surface area contributed by atoms with E-state index in [1.165, 1.54) is 5.56 Å². The molecule has 1 saturated heterocycles. The molecule has 1 fully saturated rings. The molecule has 2 unspecified atom stereocenters. The fourth-order valence-electron chi connectivity index (χ4n) is 2.42. The van der Waals surface area contributed by atoms with Gasteiger partial charge in [0.2, 0.25) is 0 Å². The molecule has 0 aliphatic carbocycles. The molecule has 2 rings (SSSR count). The first-order chi connectivity index (χ1) is 9.08. The van der Waals surface area contributed by atoms with Crippen LogP contribution in [0, 0.1) is 0 Å². The van der Waals surface area contributed by atoms with E-state index in [0.717, 1.165) is 11.0 Å². The van der Waals surface area contributed by atoms with Gasteiger partial charge in [-0.2, -0.15) is 0 Å². The van der Waals surface area contributed by atoms with Crippen LogP contribution in [0.25, 0.3) is 0 Å². The molecule has 1 aromatic rings. The number of carboxylic acid groups (broad SMARTS) is 1. The maximum absolute atomic E-state index is 10.8. The number of rotatable bonds is 4. The van der Waals surface area contributed by atoms with Crippen LogP contribution >= 0.6 is 15.9 Å². The summed E-state index contributed by atoms with van der Waals surface area (Å²) in [4.78, 5) is 13.0. The fraction of sp³-hybridized carbons (Fsp3) is 0.500. The second-order valence-corrected chi connectivity index (χ2v) is 5.64. The Labute approximate surface area is 121 Å². The molecule has 2 atom stereocenters. The van der Waals surface area contributed by atoms with Crippen LogP contribution in [0.2, 0.25) is 0 Å². The molecule has 0 saturated carbocycles. The van der Waals surface area contributed by atoms with Crippen molar-refractivity contribution in [3.8, 4) is 0 Å². The molecule has 104 valence electrons. The van der Waals surface area contributed by atoms with Gasteiger partial charge in [0.1, 0.15) is 0 Å². The van der Waals surface area contributed by atoms with Crippen LogP contribution in [-0.2, 0) is 9.53 Å². The minimum atomic E-state index is -0.805. The van der Waals surface area contributed by atoms with Gasteiger partial charge in [0.05, 0.1) is 19.1 Å². The number of hydrogen-bond acceptors (Lipinski definition) is 3. The van der Waals surface area contributed by atoms with Crippen molar-refractivity contribution in [3.05, 3.63) is 34.3 Å². The topological polar surface area (TPSA) is 49.8 Å². The number of hydrogen-bond donors (Lipinski definition) is 1. The molecule has 0 radical (unpaired) electrons. The first-order valence-corrected chi connectivity index (χ1v) is 7.19. The normalized spacial score (nSPS) is 22.1. The van der Waals surface area contributed by atoms with Crippen LogP contribution in [0.5, 0.6) is 0 Å². The number of aliphatic carboxylic acids is 1. The molecule has 1 aromatic carbocycles. The Morgan fingerprint density at radius 1 is 1.58 bits per heavy atom. The Morgan fingerprint density at radius 2 is 2.32 bits per heavy atom. The zero-order valence-corrected chi connectivity index (χ0v) is 12.5. The summed E-state index contributed by atoms with van der Waals surface area (Å²) in [6.07, 6.45) is -0.143. The van der Waals surface area contributed by atoms with Crippen LogP contribution in [0.15, 0.2) is 28.7 Å². The van der Waals surface area contributed by atoms with Gasteiger partial charge in [-0.25, -0.2) is 0 Å². The predicted octanol–water partition coefficient (Wildman–Crippen LogP) is 2.69. The SMILES string of the molecule is CC(c1ccccc1Br)N1CCOC(CC(=O)O)C1. The van der Waals surface area contributed by atoms with E-state index in [-0.39, 0.29) is 18.6 Å². The van der Waals surface area contributed by atoms with Crippen LogP contribution in [0.3, 0.4) is 0 Å².